The van der Waals surface area contributed by atoms with Crippen molar-refractivity contribution in [3.05, 3.63) is 0 Å². The Bertz CT molecular complexity index is 642. The summed E-state index contributed by atoms with van der Waals surface area (Å²) in [6, 6.07) is 0. The second-order valence-corrected chi connectivity index (χ2v) is 7.71. The van der Waals surface area contributed by atoms with Gasteiger partial charge in [0.2, 0.25) is 0 Å². The zero-order valence-corrected chi connectivity index (χ0v) is 12.3. The van der Waals surface area contributed by atoms with Gasteiger partial charge in [-0.05, 0) is 25.2 Å². The molecule has 10 unspecified atom stereocenters. The highest BCUT2D eigenvalue weighted by atomic mass is 16.7. The smallest absolute Gasteiger partial charge is 0.312 e. The number of carbonyl (C=O) groups excluding carboxylic acids is 3. The van der Waals surface area contributed by atoms with Crippen LogP contribution in [-0.4, -0.2) is 48.4 Å². The van der Waals surface area contributed by atoms with E-state index in [4.69, 9.17) is 18.9 Å². The van der Waals surface area contributed by atoms with Crippen molar-refractivity contribution >= 4 is 17.9 Å². The van der Waals surface area contributed by atoms with Crippen LogP contribution in [0, 0.1) is 29.6 Å². The van der Waals surface area contributed by atoms with E-state index in [0.29, 0.717) is 6.42 Å². The van der Waals surface area contributed by atoms with Crippen LogP contribution in [0.4, 0.5) is 0 Å². The molecule has 0 aromatic heterocycles. The first-order valence-electron chi connectivity index (χ1n) is 8.39. The molecule has 122 valence electrons. The predicted molar refractivity (Wildman–Crippen MR) is 69.6 cm³/mol. The molecule has 0 amide bonds. The molecule has 10 atom stereocenters. The molecule has 4 saturated heterocycles. The minimum absolute atomic E-state index is 0.00363. The molecule has 4 heterocycles. The lowest BCUT2D eigenvalue weighted by Crippen LogP contribution is -2.43. The van der Waals surface area contributed by atoms with Gasteiger partial charge in [0.1, 0.15) is 12.2 Å². The third-order valence-corrected chi connectivity index (χ3v) is 6.79. The third-order valence-electron chi connectivity index (χ3n) is 6.79. The first-order chi connectivity index (χ1) is 11.1. The Hall–Kier alpha value is -1.63. The van der Waals surface area contributed by atoms with E-state index >= 15 is 0 Å². The quantitative estimate of drug-likeness (QED) is 0.514. The van der Waals surface area contributed by atoms with Gasteiger partial charge < -0.3 is 18.9 Å². The van der Waals surface area contributed by atoms with Gasteiger partial charge in [0.25, 0.3) is 0 Å². The molecular formula is C16H16O7. The fraction of sp³-hybridized carbons (Fsp3) is 0.812. The molecule has 4 bridgehead atoms. The third kappa shape index (κ3) is 1.39. The molecule has 6 rings (SSSR count). The van der Waals surface area contributed by atoms with Gasteiger partial charge in [0.15, 0.2) is 12.2 Å². The second-order valence-electron chi connectivity index (χ2n) is 7.71. The SMILES string of the molecule is O=C1OC2C(OC(=O)C3C4CC5OC(=O)C3C5C4)C3CC1C2O3. The van der Waals surface area contributed by atoms with Gasteiger partial charge in [-0.25, -0.2) is 0 Å². The van der Waals surface area contributed by atoms with Crippen molar-refractivity contribution in [2.24, 2.45) is 29.6 Å². The Morgan fingerprint density at radius 2 is 1.87 bits per heavy atom. The molecule has 0 aromatic carbocycles. The number of fused-ring (bicyclic) bond motifs is 2. The van der Waals surface area contributed by atoms with Crippen molar-refractivity contribution in [3.63, 3.8) is 0 Å². The maximum absolute atomic E-state index is 12.7. The van der Waals surface area contributed by atoms with E-state index in [1.807, 2.05) is 0 Å². The van der Waals surface area contributed by atoms with Crippen molar-refractivity contribution in [3.8, 4) is 0 Å². The Morgan fingerprint density at radius 3 is 2.74 bits per heavy atom. The topological polar surface area (TPSA) is 88.1 Å². The Kier molecular flexibility index (Phi) is 2.15. The minimum atomic E-state index is -0.525. The molecule has 6 aliphatic rings. The molecule has 4 aliphatic heterocycles. The summed E-state index contributed by atoms with van der Waals surface area (Å²) in [4.78, 5) is 36.5. The summed E-state index contributed by atoms with van der Waals surface area (Å²) in [6.45, 7) is 0. The average Bonchev–Trinajstić information content (AvgIpc) is 3.26. The number of hydrogen-bond donors (Lipinski definition) is 0. The van der Waals surface area contributed by atoms with Crippen LogP contribution >= 0.6 is 0 Å². The molecule has 2 saturated carbocycles. The lowest BCUT2D eigenvalue weighted by molar-refractivity contribution is -0.168. The van der Waals surface area contributed by atoms with E-state index in [-0.39, 0.29) is 59.9 Å². The number of ether oxygens (including phenoxy) is 4. The Morgan fingerprint density at radius 1 is 1.00 bits per heavy atom. The number of esters is 3. The summed E-state index contributed by atoms with van der Waals surface area (Å²) in [6.07, 6.45) is 0.666. The molecule has 0 aromatic rings. The predicted octanol–water partition coefficient (Wildman–Crippen LogP) is -0.192. The largest absolute Gasteiger partial charge is 0.462 e. The van der Waals surface area contributed by atoms with Crippen molar-refractivity contribution in [1.29, 1.82) is 0 Å². The van der Waals surface area contributed by atoms with Crippen LogP contribution in [0.2, 0.25) is 0 Å². The van der Waals surface area contributed by atoms with E-state index in [1.54, 1.807) is 0 Å². The van der Waals surface area contributed by atoms with Crippen molar-refractivity contribution in [2.75, 3.05) is 0 Å². The molecule has 23 heavy (non-hydrogen) atoms. The van der Waals surface area contributed by atoms with Crippen LogP contribution in [0.1, 0.15) is 19.3 Å². The van der Waals surface area contributed by atoms with Gasteiger partial charge in [-0.2, -0.15) is 0 Å². The van der Waals surface area contributed by atoms with Crippen LogP contribution in [0.15, 0.2) is 0 Å². The lowest BCUT2D eigenvalue weighted by atomic mass is 9.80. The molecule has 0 radical (unpaired) electrons. The van der Waals surface area contributed by atoms with Crippen LogP contribution in [0.25, 0.3) is 0 Å². The highest BCUT2D eigenvalue weighted by Crippen LogP contribution is 2.58. The van der Waals surface area contributed by atoms with Gasteiger partial charge in [-0.1, -0.05) is 0 Å². The minimum Gasteiger partial charge on any atom is -0.462 e. The highest BCUT2D eigenvalue weighted by molar-refractivity contribution is 5.86. The first kappa shape index (κ1) is 12.8. The standard InChI is InChI=1S/C16H16O7/c17-14-6-3-8-12(13(23-14)11(6)20-8)22-15(18)9-4-1-5-7(2-4)21-16(19)10(5)9/h4-13H,1-3H2. The van der Waals surface area contributed by atoms with E-state index in [9.17, 15) is 14.4 Å². The van der Waals surface area contributed by atoms with Crippen molar-refractivity contribution < 1.29 is 33.3 Å². The van der Waals surface area contributed by atoms with Gasteiger partial charge >= 0.3 is 17.9 Å². The molecule has 0 spiro atoms. The normalized spacial score (nSPS) is 57.0. The summed E-state index contributed by atoms with van der Waals surface area (Å²) in [7, 11) is 0. The molecule has 7 heteroatoms. The lowest BCUT2D eigenvalue weighted by Gasteiger charge is -2.27. The maximum Gasteiger partial charge on any atom is 0.312 e. The highest BCUT2D eigenvalue weighted by Gasteiger charge is 2.67. The van der Waals surface area contributed by atoms with Crippen LogP contribution < -0.4 is 0 Å². The molecule has 6 fully saturated rings. The second kappa shape index (κ2) is 3.88. The summed E-state index contributed by atoms with van der Waals surface area (Å²) in [5, 5.41) is 0. The number of rotatable bonds is 2. The van der Waals surface area contributed by atoms with Gasteiger partial charge in [0.05, 0.1) is 23.9 Å². The molecular weight excluding hydrogens is 304 g/mol. The van der Waals surface area contributed by atoms with Gasteiger partial charge in [-0.15, -0.1) is 0 Å². The van der Waals surface area contributed by atoms with Crippen LogP contribution in [-0.2, 0) is 33.3 Å². The molecule has 0 N–H and O–H groups in total. The van der Waals surface area contributed by atoms with Gasteiger partial charge in [0, 0.05) is 5.92 Å². The first-order valence-corrected chi connectivity index (χ1v) is 8.39. The van der Waals surface area contributed by atoms with Crippen LogP contribution in [0.3, 0.4) is 0 Å². The molecule has 2 aliphatic carbocycles. The number of carbonyl (C=O) groups is 3. The molecule has 7 nitrogen and oxygen atoms in total. The van der Waals surface area contributed by atoms with Crippen molar-refractivity contribution in [1.82, 2.24) is 0 Å². The zero-order chi connectivity index (χ0) is 15.5. The van der Waals surface area contributed by atoms with Crippen LogP contribution in [0.5, 0.6) is 0 Å². The monoisotopic (exact) mass is 320 g/mol. The Labute approximate surface area is 131 Å². The summed E-state index contributed by atoms with van der Waals surface area (Å²) in [5.41, 5.74) is 0. The summed E-state index contributed by atoms with van der Waals surface area (Å²) < 4.78 is 22.1. The van der Waals surface area contributed by atoms with E-state index < -0.39 is 18.1 Å². The fourth-order valence-corrected chi connectivity index (χ4v) is 5.92. The van der Waals surface area contributed by atoms with E-state index in [0.717, 1.165) is 12.8 Å². The summed E-state index contributed by atoms with van der Waals surface area (Å²) in [5.74, 6) is -1.44. The average molecular weight is 320 g/mol. The summed E-state index contributed by atoms with van der Waals surface area (Å²) >= 11 is 0. The Balaban J connectivity index is 1.24. The van der Waals surface area contributed by atoms with Gasteiger partial charge in [-0.3, -0.25) is 14.4 Å². The fourth-order valence-electron chi connectivity index (χ4n) is 5.92. The van der Waals surface area contributed by atoms with Crippen molar-refractivity contribution in [2.45, 2.75) is 49.8 Å². The van der Waals surface area contributed by atoms with E-state index in [2.05, 4.69) is 0 Å². The zero-order valence-electron chi connectivity index (χ0n) is 12.3. The maximum atomic E-state index is 12.7. The number of hydrogen-bond acceptors (Lipinski definition) is 7. The van der Waals surface area contributed by atoms with E-state index in [1.165, 1.54) is 0 Å².